The second-order valence-corrected chi connectivity index (χ2v) is 5.46. The zero-order valence-corrected chi connectivity index (χ0v) is 12.1. The van der Waals surface area contributed by atoms with E-state index in [9.17, 15) is 0 Å². The second-order valence-electron chi connectivity index (χ2n) is 4.22. The van der Waals surface area contributed by atoms with E-state index in [-0.39, 0.29) is 0 Å². The van der Waals surface area contributed by atoms with Crippen molar-refractivity contribution in [2.24, 2.45) is 0 Å². The zero-order valence-electron chi connectivity index (χ0n) is 9.91. The summed E-state index contributed by atoms with van der Waals surface area (Å²) in [6, 6.07) is 17.2. The summed E-state index contributed by atoms with van der Waals surface area (Å²) in [4.78, 5) is 0. The number of halogens is 1. The molecule has 0 aliphatic rings. The number of aryl methyl sites for hydroxylation is 1. The highest BCUT2D eigenvalue weighted by Gasteiger charge is 1.95. The lowest BCUT2D eigenvalue weighted by Gasteiger charge is -2.06. The third kappa shape index (κ3) is 4.13. The maximum Gasteiger partial charge on any atom is 0.0208 e. The molecule has 0 atom stereocenters. The minimum absolute atomic E-state index is 0.921. The van der Waals surface area contributed by atoms with Gasteiger partial charge < -0.3 is 5.32 Å². The Morgan fingerprint density at radius 2 is 1.65 bits per heavy atom. The van der Waals surface area contributed by atoms with Crippen LogP contribution in [0.5, 0.6) is 0 Å². The van der Waals surface area contributed by atoms with E-state index in [1.165, 1.54) is 20.3 Å². The predicted molar refractivity (Wildman–Crippen MR) is 80.9 cm³/mol. The first-order chi connectivity index (χ1) is 8.24. The first kappa shape index (κ1) is 12.6. The molecule has 0 spiro atoms. The average molecular weight is 337 g/mol. The second kappa shape index (κ2) is 6.17. The number of nitrogens with one attached hydrogen (secondary N) is 1. The van der Waals surface area contributed by atoms with Gasteiger partial charge in [-0.05, 0) is 52.8 Å². The van der Waals surface area contributed by atoms with E-state index in [0.29, 0.717) is 0 Å². The summed E-state index contributed by atoms with van der Waals surface area (Å²) in [7, 11) is 0. The molecule has 0 aliphatic heterocycles. The van der Waals surface area contributed by atoms with Gasteiger partial charge in [0.15, 0.2) is 0 Å². The van der Waals surface area contributed by atoms with E-state index in [1.807, 2.05) is 0 Å². The van der Waals surface area contributed by atoms with Crippen LogP contribution in [0.4, 0.5) is 0 Å². The molecule has 1 N–H and O–H groups in total. The minimum atomic E-state index is 0.921. The number of hydrogen-bond donors (Lipinski definition) is 1. The third-order valence-electron chi connectivity index (χ3n) is 2.65. The van der Waals surface area contributed by atoms with Gasteiger partial charge in [-0.1, -0.05) is 42.0 Å². The topological polar surface area (TPSA) is 12.0 Å². The van der Waals surface area contributed by atoms with Crippen molar-refractivity contribution < 1.29 is 0 Å². The predicted octanol–water partition coefficient (Wildman–Crippen LogP) is 3.89. The SMILES string of the molecule is Cc1cccc(CNCc2ccc(I)cc2)c1. The summed E-state index contributed by atoms with van der Waals surface area (Å²) in [5.74, 6) is 0. The summed E-state index contributed by atoms with van der Waals surface area (Å²) < 4.78 is 1.28. The first-order valence-corrected chi connectivity index (χ1v) is 6.82. The van der Waals surface area contributed by atoms with Gasteiger partial charge in [-0.15, -0.1) is 0 Å². The molecule has 0 heterocycles. The van der Waals surface area contributed by atoms with Gasteiger partial charge >= 0.3 is 0 Å². The zero-order chi connectivity index (χ0) is 12.1. The summed E-state index contributed by atoms with van der Waals surface area (Å²) in [5.41, 5.74) is 3.99. The third-order valence-corrected chi connectivity index (χ3v) is 3.37. The average Bonchev–Trinajstić information content (AvgIpc) is 2.32. The van der Waals surface area contributed by atoms with Crippen molar-refractivity contribution in [1.82, 2.24) is 5.32 Å². The Bertz CT molecular complexity index is 477. The molecule has 0 unspecified atom stereocenters. The smallest absolute Gasteiger partial charge is 0.0208 e. The highest BCUT2D eigenvalue weighted by molar-refractivity contribution is 14.1. The van der Waals surface area contributed by atoms with Gasteiger partial charge in [0, 0.05) is 16.7 Å². The Labute approximate surface area is 116 Å². The Balaban J connectivity index is 1.85. The Morgan fingerprint density at radius 1 is 0.941 bits per heavy atom. The molecule has 0 aromatic heterocycles. The molecule has 0 saturated heterocycles. The van der Waals surface area contributed by atoms with Crippen LogP contribution >= 0.6 is 22.6 Å². The van der Waals surface area contributed by atoms with Gasteiger partial charge in [-0.25, -0.2) is 0 Å². The monoisotopic (exact) mass is 337 g/mol. The van der Waals surface area contributed by atoms with Crippen molar-refractivity contribution >= 4 is 22.6 Å². The number of hydrogen-bond acceptors (Lipinski definition) is 1. The molecule has 0 saturated carbocycles. The first-order valence-electron chi connectivity index (χ1n) is 5.75. The van der Waals surface area contributed by atoms with Crippen LogP contribution < -0.4 is 5.32 Å². The summed E-state index contributed by atoms with van der Waals surface area (Å²) in [5, 5.41) is 3.46. The van der Waals surface area contributed by atoms with Crippen molar-refractivity contribution in [3.8, 4) is 0 Å². The van der Waals surface area contributed by atoms with Crippen molar-refractivity contribution in [2.45, 2.75) is 20.0 Å². The molecule has 0 aliphatic carbocycles. The van der Waals surface area contributed by atoms with Crippen LogP contribution in [0.3, 0.4) is 0 Å². The molecule has 88 valence electrons. The highest BCUT2D eigenvalue weighted by atomic mass is 127. The lowest BCUT2D eigenvalue weighted by molar-refractivity contribution is 0.693. The van der Waals surface area contributed by atoms with E-state index >= 15 is 0 Å². The largest absolute Gasteiger partial charge is 0.309 e. The fourth-order valence-corrected chi connectivity index (χ4v) is 2.14. The molecule has 0 amide bonds. The van der Waals surface area contributed by atoms with E-state index in [2.05, 4.69) is 83.4 Å². The molecule has 1 nitrogen and oxygen atoms in total. The van der Waals surface area contributed by atoms with Gasteiger partial charge in [0.1, 0.15) is 0 Å². The van der Waals surface area contributed by atoms with Gasteiger partial charge in [0.2, 0.25) is 0 Å². The van der Waals surface area contributed by atoms with Crippen LogP contribution in [0.2, 0.25) is 0 Å². The molecule has 0 radical (unpaired) electrons. The molecule has 2 aromatic carbocycles. The Hall–Kier alpha value is -0.870. The van der Waals surface area contributed by atoms with E-state index in [0.717, 1.165) is 13.1 Å². The van der Waals surface area contributed by atoms with Crippen molar-refractivity contribution in [2.75, 3.05) is 0 Å². The standard InChI is InChI=1S/C15H16IN/c1-12-3-2-4-14(9-12)11-17-10-13-5-7-15(16)8-6-13/h2-9,17H,10-11H2,1H3. The van der Waals surface area contributed by atoms with Crippen LogP contribution in [0, 0.1) is 10.5 Å². The maximum atomic E-state index is 3.46. The van der Waals surface area contributed by atoms with Crippen molar-refractivity contribution in [3.63, 3.8) is 0 Å². The quantitative estimate of drug-likeness (QED) is 0.835. The highest BCUT2D eigenvalue weighted by Crippen LogP contribution is 2.07. The fraction of sp³-hybridized carbons (Fsp3) is 0.200. The van der Waals surface area contributed by atoms with Gasteiger partial charge in [0.25, 0.3) is 0 Å². The van der Waals surface area contributed by atoms with Gasteiger partial charge in [-0.2, -0.15) is 0 Å². The van der Waals surface area contributed by atoms with Crippen molar-refractivity contribution in [1.29, 1.82) is 0 Å². The molecule has 2 aromatic rings. The molecule has 17 heavy (non-hydrogen) atoms. The minimum Gasteiger partial charge on any atom is -0.309 e. The summed E-state index contributed by atoms with van der Waals surface area (Å²) in [6.45, 7) is 3.97. The number of rotatable bonds is 4. The lowest BCUT2D eigenvalue weighted by atomic mass is 10.1. The van der Waals surface area contributed by atoms with Crippen LogP contribution in [-0.2, 0) is 13.1 Å². The Morgan fingerprint density at radius 3 is 2.35 bits per heavy atom. The molecule has 0 bridgehead atoms. The lowest BCUT2D eigenvalue weighted by Crippen LogP contribution is -2.12. The fourth-order valence-electron chi connectivity index (χ4n) is 1.78. The van der Waals surface area contributed by atoms with E-state index in [4.69, 9.17) is 0 Å². The molecular weight excluding hydrogens is 321 g/mol. The molecule has 2 rings (SSSR count). The summed E-state index contributed by atoms with van der Waals surface area (Å²) >= 11 is 2.33. The summed E-state index contributed by atoms with van der Waals surface area (Å²) in [6.07, 6.45) is 0. The van der Waals surface area contributed by atoms with Gasteiger partial charge in [-0.3, -0.25) is 0 Å². The normalized spacial score (nSPS) is 10.5. The van der Waals surface area contributed by atoms with Crippen molar-refractivity contribution in [3.05, 3.63) is 68.8 Å². The number of benzene rings is 2. The molecule has 2 heteroatoms. The van der Waals surface area contributed by atoms with E-state index in [1.54, 1.807) is 0 Å². The van der Waals surface area contributed by atoms with E-state index < -0.39 is 0 Å². The molecule has 0 fully saturated rings. The Kier molecular flexibility index (Phi) is 4.57. The maximum absolute atomic E-state index is 3.46. The molecular formula is C15H16IN. The van der Waals surface area contributed by atoms with Crippen LogP contribution in [0.25, 0.3) is 0 Å². The van der Waals surface area contributed by atoms with Crippen LogP contribution in [0.1, 0.15) is 16.7 Å². The van der Waals surface area contributed by atoms with Gasteiger partial charge in [0.05, 0.1) is 0 Å². The van der Waals surface area contributed by atoms with Crippen LogP contribution in [0.15, 0.2) is 48.5 Å². The van der Waals surface area contributed by atoms with Crippen LogP contribution in [-0.4, -0.2) is 0 Å².